The van der Waals surface area contributed by atoms with Crippen molar-refractivity contribution in [2.75, 3.05) is 13.1 Å². The van der Waals surface area contributed by atoms with Crippen molar-refractivity contribution >= 4 is 5.91 Å². The molecular formula is C16H21N5O. The summed E-state index contributed by atoms with van der Waals surface area (Å²) in [6, 6.07) is 3.94. The fourth-order valence-corrected chi connectivity index (χ4v) is 3.54. The molecule has 3 heterocycles. The minimum absolute atomic E-state index is 0.206. The van der Waals surface area contributed by atoms with Crippen molar-refractivity contribution < 1.29 is 4.79 Å². The van der Waals surface area contributed by atoms with Crippen molar-refractivity contribution in [3.63, 3.8) is 0 Å². The van der Waals surface area contributed by atoms with Crippen LogP contribution in [-0.4, -0.2) is 43.9 Å². The molecule has 0 spiro atoms. The quantitative estimate of drug-likeness (QED) is 0.936. The number of carbonyl (C=O) groups is 1. The molecule has 0 bridgehead atoms. The molecule has 2 aromatic rings. The van der Waals surface area contributed by atoms with Gasteiger partial charge < -0.3 is 4.90 Å². The van der Waals surface area contributed by atoms with E-state index in [1.165, 1.54) is 0 Å². The number of aromatic nitrogens is 4. The van der Waals surface area contributed by atoms with Crippen molar-refractivity contribution in [3.8, 4) is 0 Å². The predicted molar refractivity (Wildman–Crippen MR) is 81.0 cm³/mol. The zero-order valence-electron chi connectivity index (χ0n) is 12.6. The van der Waals surface area contributed by atoms with E-state index in [1.807, 2.05) is 23.0 Å². The van der Waals surface area contributed by atoms with Crippen LogP contribution in [0.15, 0.2) is 30.7 Å². The second-order valence-electron chi connectivity index (χ2n) is 6.59. The first-order chi connectivity index (χ1) is 10.8. The van der Waals surface area contributed by atoms with Gasteiger partial charge in [-0.3, -0.25) is 14.6 Å². The lowest BCUT2D eigenvalue weighted by atomic mass is 9.93. The van der Waals surface area contributed by atoms with Gasteiger partial charge in [-0.1, -0.05) is 0 Å². The molecule has 2 fully saturated rings. The third-order valence-corrected chi connectivity index (χ3v) is 5.00. The second kappa shape index (κ2) is 5.26. The van der Waals surface area contributed by atoms with E-state index >= 15 is 0 Å². The molecule has 0 aromatic carbocycles. The van der Waals surface area contributed by atoms with Gasteiger partial charge in [0, 0.05) is 43.3 Å². The molecule has 4 rings (SSSR count). The van der Waals surface area contributed by atoms with Crippen LogP contribution in [-0.2, 0) is 11.3 Å². The Morgan fingerprint density at radius 1 is 1.41 bits per heavy atom. The minimum atomic E-state index is -0.206. The van der Waals surface area contributed by atoms with Crippen molar-refractivity contribution in [3.05, 3.63) is 36.4 Å². The maximum absolute atomic E-state index is 13.0. The fourth-order valence-electron chi connectivity index (χ4n) is 3.54. The molecule has 1 unspecified atom stereocenters. The van der Waals surface area contributed by atoms with E-state index in [4.69, 9.17) is 0 Å². The van der Waals surface area contributed by atoms with Crippen LogP contribution in [0.3, 0.4) is 0 Å². The van der Waals surface area contributed by atoms with Crippen molar-refractivity contribution in [2.24, 2.45) is 5.41 Å². The standard InChI is InChI=1S/C16H21N5O/c22-15(16(5-6-16)12-21-10-2-7-18-21)20-9-1-3-13(11-20)14-4-8-17-19-14/h2,4,7-8,10,13H,1,3,5-6,9,11-12H2,(H,17,19). The van der Waals surface area contributed by atoms with Gasteiger partial charge in [-0.15, -0.1) is 0 Å². The van der Waals surface area contributed by atoms with Gasteiger partial charge in [0.2, 0.25) is 5.91 Å². The summed E-state index contributed by atoms with van der Waals surface area (Å²) in [5.74, 6) is 0.702. The number of hydrogen-bond acceptors (Lipinski definition) is 3. The molecule has 2 aliphatic rings. The summed E-state index contributed by atoms with van der Waals surface area (Å²) in [4.78, 5) is 15.0. The normalized spacial score (nSPS) is 23.5. The molecule has 2 aromatic heterocycles. The minimum Gasteiger partial charge on any atom is -0.341 e. The number of amides is 1. The summed E-state index contributed by atoms with van der Waals surface area (Å²) in [6.45, 7) is 2.40. The lowest BCUT2D eigenvalue weighted by molar-refractivity contribution is -0.139. The van der Waals surface area contributed by atoms with Crippen molar-refractivity contribution in [2.45, 2.75) is 38.1 Å². The van der Waals surface area contributed by atoms with Crippen LogP contribution >= 0.6 is 0 Å². The Kier molecular flexibility index (Phi) is 3.24. The number of carbonyl (C=O) groups excluding carboxylic acids is 1. The lowest BCUT2D eigenvalue weighted by Gasteiger charge is -2.34. The van der Waals surface area contributed by atoms with E-state index < -0.39 is 0 Å². The monoisotopic (exact) mass is 299 g/mol. The van der Waals surface area contributed by atoms with Crippen LogP contribution in [0.2, 0.25) is 0 Å². The summed E-state index contributed by atoms with van der Waals surface area (Å²) < 4.78 is 1.89. The number of rotatable bonds is 4. The van der Waals surface area contributed by atoms with Crippen LogP contribution in [0.5, 0.6) is 0 Å². The van der Waals surface area contributed by atoms with Gasteiger partial charge >= 0.3 is 0 Å². The molecule has 1 amide bonds. The summed E-state index contributed by atoms with van der Waals surface area (Å²) in [7, 11) is 0. The number of hydrogen-bond donors (Lipinski definition) is 1. The molecule has 116 valence electrons. The number of piperidine rings is 1. The van der Waals surface area contributed by atoms with E-state index in [2.05, 4.69) is 20.2 Å². The first-order valence-electron chi connectivity index (χ1n) is 8.03. The lowest BCUT2D eigenvalue weighted by Crippen LogP contribution is -2.44. The predicted octanol–water partition coefficient (Wildman–Crippen LogP) is 1.79. The maximum Gasteiger partial charge on any atom is 0.230 e. The summed E-state index contributed by atoms with van der Waals surface area (Å²) in [6.07, 6.45) is 9.65. The molecule has 1 aliphatic carbocycles. The van der Waals surface area contributed by atoms with Gasteiger partial charge in [0.25, 0.3) is 0 Å². The smallest absolute Gasteiger partial charge is 0.230 e. The van der Waals surface area contributed by atoms with E-state index in [0.717, 1.165) is 44.5 Å². The summed E-state index contributed by atoms with van der Waals surface area (Å²) in [5.41, 5.74) is 0.941. The molecule has 0 radical (unpaired) electrons. The maximum atomic E-state index is 13.0. The topological polar surface area (TPSA) is 66.8 Å². The Balaban J connectivity index is 1.46. The largest absolute Gasteiger partial charge is 0.341 e. The van der Waals surface area contributed by atoms with Crippen molar-refractivity contribution in [1.82, 2.24) is 24.9 Å². The molecule has 1 saturated heterocycles. The van der Waals surface area contributed by atoms with E-state index in [9.17, 15) is 4.79 Å². The van der Waals surface area contributed by atoms with E-state index in [-0.39, 0.29) is 5.41 Å². The van der Waals surface area contributed by atoms with Gasteiger partial charge in [0.15, 0.2) is 0 Å². The van der Waals surface area contributed by atoms with Gasteiger partial charge in [-0.2, -0.15) is 10.2 Å². The van der Waals surface area contributed by atoms with Crippen LogP contribution in [0.25, 0.3) is 0 Å². The van der Waals surface area contributed by atoms with Crippen LogP contribution in [0, 0.1) is 5.41 Å². The molecule has 1 N–H and O–H groups in total. The molecular weight excluding hydrogens is 278 g/mol. The van der Waals surface area contributed by atoms with E-state index in [1.54, 1.807) is 12.4 Å². The Labute approximate surface area is 129 Å². The zero-order chi connectivity index (χ0) is 15.0. The summed E-state index contributed by atoms with van der Waals surface area (Å²) >= 11 is 0. The highest BCUT2D eigenvalue weighted by Gasteiger charge is 2.52. The number of nitrogens with zero attached hydrogens (tertiary/aromatic N) is 4. The average molecular weight is 299 g/mol. The van der Waals surface area contributed by atoms with Crippen molar-refractivity contribution in [1.29, 1.82) is 0 Å². The zero-order valence-corrected chi connectivity index (χ0v) is 12.6. The third kappa shape index (κ3) is 2.42. The van der Waals surface area contributed by atoms with Gasteiger partial charge in [-0.25, -0.2) is 0 Å². The number of aromatic amines is 1. The van der Waals surface area contributed by atoms with Gasteiger partial charge in [-0.05, 0) is 37.8 Å². The average Bonchev–Trinajstić information content (AvgIpc) is 2.98. The van der Waals surface area contributed by atoms with E-state index in [0.29, 0.717) is 18.4 Å². The van der Waals surface area contributed by atoms with Gasteiger partial charge in [0.1, 0.15) is 0 Å². The number of H-pyrrole nitrogens is 1. The molecule has 1 atom stereocenters. The van der Waals surface area contributed by atoms with Crippen LogP contribution in [0.4, 0.5) is 0 Å². The highest BCUT2D eigenvalue weighted by molar-refractivity contribution is 5.85. The summed E-state index contributed by atoms with van der Waals surface area (Å²) in [5, 5.41) is 11.4. The Morgan fingerprint density at radius 3 is 3.00 bits per heavy atom. The highest BCUT2D eigenvalue weighted by atomic mass is 16.2. The van der Waals surface area contributed by atoms with Crippen LogP contribution < -0.4 is 0 Å². The molecule has 1 saturated carbocycles. The Morgan fingerprint density at radius 2 is 2.32 bits per heavy atom. The third-order valence-electron chi connectivity index (χ3n) is 5.00. The Bertz CT molecular complexity index is 630. The molecule has 1 aliphatic heterocycles. The molecule has 22 heavy (non-hydrogen) atoms. The first kappa shape index (κ1) is 13.5. The second-order valence-corrected chi connectivity index (χ2v) is 6.59. The van der Waals surface area contributed by atoms with Gasteiger partial charge in [0.05, 0.1) is 12.0 Å². The molecule has 6 heteroatoms. The van der Waals surface area contributed by atoms with Crippen LogP contribution in [0.1, 0.15) is 37.3 Å². The number of nitrogens with one attached hydrogen (secondary N) is 1. The Hall–Kier alpha value is -2.11. The number of likely N-dealkylation sites (tertiary alicyclic amines) is 1. The highest BCUT2D eigenvalue weighted by Crippen LogP contribution is 2.49. The first-order valence-corrected chi connectivity index (χ1v) is 8.03. The fraction of sp³-hybridized carbons (Fsp3) is 0.562. The molecule has 6 nitrogen and oxygen atoms in total. The SMILES string of the molecule is O=C(N1CCCC(c2ccn[nH]2)C1)C1(Cn2cccn2)CC1.